The maximum absolute atomic E-state index is 11.9. The summed E-state index contributed by atoms with van der Waals surface area (Å²) in [5.41, 5.74) is -0.185. The van der Waals surface area contributed by atoms with Crippen molar-refractivity contribution in [2.45, 2.75) is 85.5 Å². The maximum atomic E-state index is 11.9. The summed E-state index contributed by atoms with van der Waals surface area (Å²) < 4.78 is 5.88. The van der Waals surface area contributed by atoms with Gasteiger partial charge in [0.2, 0.25) is 0 Å². The molecule has 0 bridgehead atoms. The van der Waals surface area contributed by atoms with Crippen LogP contribution in [-0.2, 0) is 9.53 Å². The van der Waals surface area contributed by atoms with E-state index in [0.29, 0.717) is 36.0 Å². The van der Waals surface area contributed by atoms with Crippen LogP contribution in [0.15, 0.2) is 0 Å². The number of carbonyl (C=O) groups excluding carboxylic acids is 1. The molecule has 0 heterocycles. The lowest BCUT2D eigenvalue weighted by Crippen LogP contribution is -2.60. The number of hydrogen-bond acceptors (Lipinski definition) is 4. The molecule has 148 valence electrons. The molecule has 4 nitrogen and oxygen atoms in total. The standard InChI is InChI=1S/C22H36O4/c1-11(2)17-14(24)8-20(4)10-16(26-12(3)23)22(6)9-15(25)21(5)7-13(21)18(22)19(17)20/h11,13-19,24-25H,7-10H2,1-6H3/t13-,14-,15+,16-,17-,18+,19+,20+,21-,22+/m0/s1. The van der Waals surface area contributed by atoms with Crippen molar-refractivity contribution in [3.63, 3.8) is 0 Å². The van der Waals surface area contributed by atoms with Gasteiger partial charge >= 0.3 is 5.97 Å². The van der Waals surface area contributed by atoms with Crippen molar-refractivity contribution in [1.82, 2.24) is 0 Å². The van der Waals surface area contributed by atoms with E-state index >= 15 is 0 Å². The summed E-state index contributed by atoms with van der Waals surface area (Å²) in [6, 6.07) is 0. The van der Waals surface area contributed by atoms with Crippen molar-refractivity contribution in [1.29, 1.82) is 0 Å². The molecule has 4 fully saturated rings. The largest absolute Gasteiger partial charge is 0.462 e. The Morgan fingerprint density at radius 2 is 1.65 bits per heavy atom. The van der Waals surface area contributed by atoms with E-state index in [1.165, 1.54) is 6.92 Å². The summed E-state index contributed by atoms with van der Waals surface area (Å²) >= 11 is 0. The quantitative estimate of drug-likeness (QED) is 0.737. The Morgan fingerprint density at radius 3 is 2.23 bits per heavy atom. The minimum absolute atomic E-state index is 0.00440. The Bertz CT molecular complexity index is 617. The van der Waals surface area contributed by atoms with Crippen LogP contribution in [0.4, 0.5) is 0 Å². The third-order valence-electron chi connectivity index (χ3n) is 9.13. The van der Waals surface area contributed by atoms with Gasteiger partial charge in [-0.2, -0.15) is 0 Å². The summed E-state index contributed by atoms with van der Waals surface area (Å²) in [4.78, 5) is 11.9. The Kier molecular flexibility index (Phi) is 3.94. The summed E-state index contributed by atoms with van der Waals surface area (Å²) in [5.74, 6) is 1.82. The van der Waals surface area contributed by atoms with Gasteiger partial charge in [-0.1, -0.05) is 34.6 Å². The fourth-order valence-corrected chi connectivity index (χ4v) is 7.83. The zero-order chi connectivity index (χ0) is 19.2. The molecule has 0 aliphatic heterocycles. The van der Waals surface area contributed by atoms with E-state index in [4.69, 9.17) is 4.74 Å². The third kappa shape index (κ3) is 2.30. The molecule has 0 amide bonds. The van der Waals surface area contributed by atoms with Gasteiger partial charge in [0.25, 0.3) is 0 Å². The van der Waals surface area contributed by atoms with Gasteiger partial charge in [0.15, 0.2) is 0 Å². The van der Waals surface area contributed by atoms with Gasteiger partial charge in [-0.3, -0.25) is 4.79 Å². The maximum Gasteiger partial charge on any atom is 0.302 e. The lowest BCUT2D eigenvalue weighted by Gasteiger charge is -2.60. The summed E-state index contributed by atoms with van der Waals surface area (Å²) in [7, 11) is 0. The minimum atomic E-state index is -0.319. The van der Waals surface area contributed by atoms with Crippen molar-refractivity contribution in [3.05, 3.63) is 0 Å². The van der Waals surface area contributed by atoms with Crippen LogP contribution in [0.3, 0.4) is 0 Å². The third-order valence-corrected chi connectivity index (χ3v) is 9.13. The van der Waals surface area contributed by atoms with Crippen LogP contribution in [0.1, 0.15) is 67.2 Å². The molecule has 2 N–H and O–H groups in total. The molecule has 0 spiro atoms. The summed E-state index contributed by atoms with van der Waals surface area (Å²) in [5, 5.41) is 21.8. The van der Waals surface area contributed by atoms with Crippen molar-refractivity contribution in [2.24, 2.45) is 45.8 Å². The Morgan fingerprint density at radius 1 is 1.00 bits per heavy atom. The SMILES string of the molecule is CC(=O)O[C@H]1C[C@@]2(C)C[C@H](O)[C@H](C(C)C)[C@@H]2[C@H]2[C@@H]3C[C@]3(C)[C@H](O)C[C@@]21C. The first-order chi connectivity index (χ1) is 11.9. The molecule has 4 heteroatoms. The van der Waals surface area contributed by atoms with Gasteiger partial charge in [0, 0.05) is 12.3 Å². The Balaban J connectivity index is 1.81. The molecule has 0 radical (unpaired) electrons. The van der Waals surface area contributed by atoms with Gasteiger partial charge in [-0.25, -0.2) is 0 Å². The highest BCUT2D eigenvalue weighted by Crippen LogP contribution is 2.76. The number of fused-ring (bicyclic) bond motifs is 5. The molecule has 4 rings (SSSR count). The fraction of sp³-hybridized carbons (Fsp3) is 0.955. The monoisotopic (exact) mass is 364 g/mol. The van der Waals surface area contributed by atoms with E-state index in [-0.39, 0.29) is 40.5 Å². The zero-order valence-corrected chi connectivity index (χ0v) is 17.2. The molecule has 26 heavy (non-hydrogen) atoms. The van der Waals surface area contributed by atoms with Crippen LogP contribution in [-0.4, -0.2) is 34.5 Å². The number of esters is 1. The van der Waals surface area contributed by atoms with Gasteiger partial charge < -0.3 is 14.9 Å². The molecule has 0 aromatic rings. The number of ether oxygens (including phenoxy) is 1. The van der Waals surface area contributed by atoms with E-state index in [2.05, 4.69) is 34.6 Å². The lowest BCUT2D eigenvalue weighted by molar-refractivity contribution is -0.202. The summed E-state index contributed by atoms with van der Waals surface area (Å²) in [6.45, 7) is 12.7. The molecule has 4 aliphatic carbocycles. The zero-order valence-electron chi connectivity index (χ0n) is 17.2. The second-order valence-electron chi connectivity index (χ2n) is 11.1. The Labute approximate surface area is 157 Å². The van der Waals surface area contributed by atoms with Crippen LogP contribution in [0.5, 0.6) is 0 Å². The number of carbonyl (C=O) groups is 1. The number of hydrogen-bond donors (Lipinski definition) is 2. The van der Waals surface area contributed by atoms with Crippen LogP contribution in [0.25, 0.3) is 0 Å². The second-order valence-corrected chi connectivity index (χ2v) is 11.1. The lowest BCUT2D eigenvalue weighted by atomic mass is 9.46. The first-order valence-corrected chi connectivity index (χ1v) is 10.5. The molecular weight excluding hydrogens is 328 g/mol. The highest BCUT2D eigenvalue weighted by Gasteiger charge is 2.74. The molecular formula is C22H36O4. The molecule has 0 saturated heterocycles. The van der Waals surface area contributed by atoms with Gasteiger partial charge in [-0.15, -0.1) is 0 Å². The normalized spacial score (nSPS) is 58.0. The molecule has 0 aromatic heterocycles. The van der Waals surface area contributed by atoms with Crippen LogP contribution in [0.2, 0.25) is 0 Å². The van der Waals surface area contributed by atoms with Crippen LogP contribution < -0.4 is 0 Å². The average molecular weight is 365 g/mol. The van der Waals surface area contributed by atoms with E-state index < -0.39 is 0 Å². The number of aliphatic hydroxyl groups is 2. The predicted molar refractivity (Wildman–Crippen MR) is 99.2 cm³/mol. The molecule has 4 saturated carbocycles. The van der Waals surface area contributed by atoms with E-state index in [1.54, 1.807) is 0 Å². The van der Waals surface area contributed by atoms with Crippen LogP contribution >= 0.6 is 0 Å². The smallest absolute Gasteiger partial charge is 0.302 e. The highest BCUT2D eigenvalue weighted by molar-refractivity contribution is 5.66. The minimum Gasteiger partial charge on any atom is -0.462 e. The van der Waals surface area contributed by atoms with E-state index in [0.717, 1.165) is 19.3 Å². The van der Waals surface area contributed by atoms with Crippen molar-refractivity contribution in [3.8, 4) is 0 Å². The van der Waals surface area contributed by atoms with Crippen molar-refractivity contribution >= 4 is 5.97 Å². The van der Waals surface area contributed by atoms with Gasteiger partial charge in [-0.05, 0) is 66.1 Å². The first kappa shape index (κ1) is 18.7. The first-order valence-electron chi connectivity index (χ1n) is 10.5. The van der Waals surface area contributed by atoms with Gasteiger partial charge in [0.1, 0.15) is 6.10 Å². The number of rotatable bonds is 2. The molecule has 10 atom stereocenters. The molecule has 4 aliphatic rings. The molecule has 0 aromatic carbocycles. The topological polar surface area (TPSA) is 66.8 Å². The highest BCUT2D eigenvalue weighted by atomic mass is 16.5. The van der Waals surface area contributed by atoms with Crippen molar-refractivity contribution < 1.29 is 19.7 Å². The van der Waals surface area contributed by atoms with Crippen molar-refractivity contribution in [2.75, 3.05) is 0 Å². The van der Waals surface area contributed by atoms with E-state index in [9.17, 15) is 15.0 Å². The second kappa shape index (κ2) is 5.47. The summed E-state index contributed by atoms with van der Waals surface area (Å²) in [6.07, 6.45) is 2.62. The molecule has 0 unspecified atom stereocenters. The predicted octanol–water partition coefficient (Wildman–Crippen LogP) is 3.39. The number of aliphatic hydroxyl groups excluding tert-OH is 2. The van der Waals surface area contributed by atoms with E-state index in [1.807, 2.05) is 0 Å². The van der Waals surface area contributed by atoms with Gasteiger partial charge in [0.05, 0.1) is 12.2 Å². The van der Waals surface area contributed by atoms with Crippen LogP contribution in [0, 0.1) is 45.8 Å². The Hall–Kier alpha value is -0.610. The average Bonchev–Trinajstić information content (AvgIpc) is 3.09. The fourth-order valence-electron chi connectivity index (χ4n) is 7.83.